The van der Waals surface area contributed by atoms with Crippen molar-refractivity contribution in [2.45, 2.75) is 26.1 Å². The van der Waals surface area contributed by atoms with Crippen molar-refractivity contribution in [3.63, 3.8) is 0 Å². The van der Waals surface area contributed by atoms with Gasteiger partial charge in [0, 0.05) is 5.39 Å². The molecule has 7 nitrogen and oxygen atoms in total. The molecule has 10 heteroatoms. The quantitative estimate of drug-likeness (QED) is 0.810. The molecule has 0 atom stereocenters. The predicted molar refractivity (Wildman–Crippen MR) is 85.7 cm³/mol. The maximum absolute atomic E-state index is 12.4. The second kappa shape index (κ2) is 7.54. The van der Waals surface area contributed by atoms with Crippen LogP contribution >= 0.6 is 0 Å². The topological polar surface area (TPSA) is 90.3 Å². The standard InChI is InChI=1S/C16H16F3N3O4/c1-9(2)22-14(24)11-6-4-3-5-10(11)13(21-22)15(25)26-7-12(23)20-8-16(17,18)19/h3-6,9H,7-8H2,1-2H3,(H,20,23). The molecule has 0 fully saturated rings. The van der Waals surface area contributed by atoms with E-state index in [4.69, 9.17) is 4.74 Å². The van der Waals surface area contributed by atoms with Crippen molar-refractivity contribution in [3.05, 3.63) is 40.3 Å². The molecule has 1 amide bonds. The maximum atomic E-state index is 12.4. The molecule has 1 N–H and O–H groups in total. The Hall–Kier alpha value is -2.91. The number of carbonyl (C=O) groups is 2. The lowest BCUT2D eigenvalue weighted by Crippen LogP contribution is -2.36. The summed E-state index contributed by atoms with van der Waals surface area (Å²) in [7, 11) is 0. The third-order valence-electron chi connectivity index (χ3n) is 3.33. The van der Waals surface area contributed by atoms with E-state index >= 15 is 0 Å². The van der Waals surface area contributed by atoms with E-state index in [1.165, 1.54) is 12.1 Å². The maximum Gasteiger partial charge on any atom is 0.405 e. The molecule has 0 aliphatic rings. The van der Waals surface area contributed by atoms with Crippen molar-refractivity contribution in [1.29, 1.82) is 0 Å². The zero-order chi connectivity index (χ0) is 19.5. The van der Waals surface area contributed by atoms with Gasteiger partial charge in [0.05, 0.1) is 11.4 Å². The molecule has 2 rings (SSSR count). The van der Waals surface area contributed by atoms with Crippen LogP contribution in [0.25, 0.3) is 10.8 Å². The number of esters is 1. The molecule has 0 saturated carbocycles. The number of hydrogen-bond donors (Lipinski definition) is 1. The lowest BCUT2D eigenvalue weighted by molar-refractivity contribution is -0.140. The fourth-order valence-electron chi connectivity index (χ4n) is 2.16. The third kappa shape index (κ3) is 4.58. The number of fused-ring (bicyclic) bond motifs is 1. The Labute approximate surface area is 145 Å². The van der Waals surface area contributed by atoms with Gasteiger partial charge < -0.3 is 10.1 Å². The van der Waals surface area contributed by atoms with E-state index in [-0.39, 0.29) is 22.5 Å². The van der Waals surface area contributed by atoms with Crippen LogP contribution in [-0.2, 0) is 9.53 Å². The highest BCUT2D eigenvalue weighted by Crippen LogP contribution is 2.16. The smallest absolute Gasteiger partial charge is 0.405 e. The lowest BCUT2D eigenvalue weighted by Gasteiger charge is -2.13. The van der Waals surface area contributed by atoms with Crippen molar-refractivity contribution in [2.75, 3.05) is 13.2 Å². The first-order chi connectivity index (χ1) is 12.1. The zero-order valence-electron chi connectivity index (χ0n) is 14.0. The first-order valence-electron chi connectivity index (χ1n) is 7.62. The number of ether oxygens (including phenoxy) is 1. The average molecular weight is 371 g/mol. The third-order valence-corrected chi connectivity index (χ3v) is 3.33. The number of nitrogens with one attached hydrogen (secondary N) is 1. The van der Waals surface area contributed by atoms with Crippen LogP contribution < -0.4 is 10.9 Å². The van der Waals surface area contributed by atoms with Gasteiger partial charge >= 0.3 is 12.1 Å². The Kier molecular flexibility index (Phi) is 5.63. The molecule has 0 aliphatic heterocycles. The molecule has 1 aromatic carbocycles. The van der Waals surface area contributed by atoms with Gasteiger partial charge in [0.1, 0.15) is 6.54 Å². The number of amides is 1. The van der Waals surface area contributed by atoms with E-state index in [2.05, 4.69) is 5.10 Å². The summed E-state index contributed by atoms with van der Waals surface area (Å²) in [6.07, 6.45) is -4.57. The number of rotatable bonds is 5. The van der Waals surface area contributed by atoms with Crippen molar-refractivity contribution < 1.29 is 27.5 Å². The summed E-state index contributed by atoms with van der Waals surface area (Å²) in [5.41, 5.74) is -0.590. The Bertz CT molecular complexity index is 890. The molecule has 26 heavy (non-hydrogen) atoms. The van der Waals surface area contributed by atoms with Gasteiger partial charge in [-0.3, -0.25) is 9.59 Å². The Balaban J connectivity index is 2.24. The van der Waals surface area contributed by atoms with Crippen LogP contribution in [0.2, 0.25) is 0 Å². The molecule has 0 aliphatic carbocycles. The second-order valence-corrected chi connectivity index (χ2v) is 5.71. The van der Waals surface area contributed by atoms with Gasteiger partial charge in [-0.05, 0) is 19.9 Å². The number of nitrogens with zero attached hydrogens (tertiary/aromatic N) is 2. The summed E-state index contributed by atoms with van der Waals surface area (Å²) >= 11 is 0. The highest BCUT2D eigenvalue weighted by atomic mass is 19.4. The molecule has 140 valence electrons. The lowest BCUT2D eigenvalue weighted by atomic mass is 10.1. The second-order valence-electron chi connectivity index (χ2n) is 5.71. The number of hydrogen-bond acceptors (Lipinski definition) is 5. The van der Waals surface area contributed by atoms with E-state index in [9.17, 15) is 27.6 Å². The van der Waals surface area contributed by atoms with E-state index in [1.807, 2.05) is 0 Å². The molecule has 0 saturated heterocycles. The average Bonchev–Trinajstić information content (AvgIpc) is 2.57. The summed E-state index contributed by atoms with van der Waals surface area (Å²) < 4.78 is 42.0. The molecular formula is C16H16F3N3O4. The molecule has 0 bridgehead atoms. The van der Waals surface area contributed by atoms with Gasteiger partial charge in [0.2, 0.25) is 0 Å². The van der Waals surface area contributed by atoms with E-state index in [0.29, 0.717) is 0 Å². The molecule has 2 aromatic rings. The van der Waals surface area contributed by atoms with Crippen LogP contribution in [0.3, 0.4) is 0 Å². The molecule has 0 spiro atoms. The van der Waals surface area contributed by atoms with Crippen LogP contribution in [0.4, 0.5) is 13.2 Å². The minimum atomic E-state index is -4.57. The molecule has 0 unspecified atom stereocenters. The van der Waals surface area contributed by atoms with E-state index in [0.717, 1.165) is 4.68 Å². The molecule has 1 heterocycles. The van der Waals surface area contributed by atoms with E-state index in [1.54, 1.807) is 31.3 Å². The Morgan fingerprint density at radius 2 is 1.85 bits per heavy atom. The highest BCUT2D eigenvalue weighted by Gasteiger charge is 2.28. The normalized spacial score (nSPS) is 11.6. The highest BCUT2D eigenvalue weighted by molar-refractivity contribution is 6.02. The van der Waals surface area contributed by atoms with Crippen molar-refractivity contribution in [2.24, 2.45) is 0 Å². The van der Waals surface area contributed by atoms with Gasteiger partial charge in [-0.1, -0.05) is 18.2 Å². The molecular weight excluding hydrogens is 355 g/mol. The van der Waals surface area contributed by atoms with Crippen LogP contribution in [0.5, 0.6) is 0 Å². The predicted octanol–water partition coefficient (Wildman–Crippen LogP) is 1.81. The van der Waals surface area contributed by atoms with E-state index < -0.39 is 36.8 Å². The van der Waals surface area contributed by atoms with Crippen LogP contribution in [0.15, 0.2) is 29.1 Å². The van der Waals surface area contributed by atoms with Gasteiger partial charge in [-0.25, -0.2) is 9.48 Å². The largest absolute Gasteiger partial charge is 0.451 e. The number of alkyl halides is 3. The van der Waals surface area contributed by atoms with Crippen molar-refractivity contribution >= 4 is 22.6 Å². The van der Waals surface area contributed by atoms with Gasteiger partial charge in [0.15, 0.2) is 12.3 Å². The first kappa shape index (κ1) is 19.4. The van der Waals surface area contributed by atoms with Crippen molar-refractivity contribution in [1.82, 2.24) is 15.1 Å². The summed E-state index contributed by atoms with van der Waals surface area (Å²) in [6, 6.07) is 5.89. The van der Waals surface area contributed by atoms with Gasteiger partial charge in [-0.15, -0.1) is 0 Å². The Morgan fingerprint density at radius 1 is 1.23 bits per heavy atom. The van der Waals surface area contributed by atoms with Crippen molar-refractivity contribution in [3.8, 4) is 0 Å². The van der Waals surface area contributed by atoms with Crippen LogP contribution in [0.1, 0.15) is 30.4 Å². The minimum Gasteiger partial charge on any atom is -0.451 e. The molecule has 1 aromatic heterocycles. The summed E-state index contributed by atoms with van der Waals surface area (Å²) in [6.45, 7) is 0.972. The first-order valence-corrected chi connectivity index (χ1v) is 7.62. The number of halogens is 3. The minimum absolute atomic E-state index is 0.197. The fourth-order valence-corrected chi connectivity index (χ4v) is 2.16. The monoisotopic (exact) mass is 371 g/mol. The zero-order valence-corrected chi connectivity index (χ0v) is 14.0. The van der Waals surface area contributed by atoms with Crippen LogP contribution in [0, 0.1) is 0 Å². The van der Waals surface area contributed by atoms with Gasteiger partial charge in [-0.2, -0.15) is 18.3 Å². The summed E-state index contributed by atoms with van der Waals surface area (Å²) in [4.78, 5) is 36.0. The molecule has 0 radical (unpaired) electrons. The summed E-state index contributed by atoms with van der Waals surface area (Å²) in [5, 5.41) is 6.04. The fraction of sp³-hybridized carbons (Fsp3) is 0.375. The Morgan fingerprint density at radius 3 is 2.42 bits per heavy atom. The number of carbonyl (C=O) groups excluding carboxylic acids is 2. The summed E-state index contributed by atoms with van der Waals surface area (Å²) in [5.74, 6) is -2.12. The van der Waals surface area contributed by atoms with Gasteiger partial charge in [0.25, 0.3) is 11.5 Å². The number of aromatic nitrogens is 2. The SMILES string of the molecule is CC(C)n1nc(C(=O)OCC(=O)NCC(F)(F)F)c2ccccc2c1=O. The number of benzene rings is 1. The van der Waals surface area contributed by atoms with Crippen LogP contribution in [-0.4, -0.2) is 41.0 Å².